The van der Waals surface area contributed by atoms with Gasteiger partial charge < -0.3 is 14.6 Å². The van der Waals surface area contributed by atoms with Gasteiger partial charge in [0.15, 0.2) is 5.76 Å². The van der Waals surface area contributed by atoms with Crippen molar-refractivity contribution in [2.75, 3.05) is 19.6 Å². The number of nitrogens with one attached hydrogen (secondary N) is 1. The van der Waals surface area contributed by atoms with Gasteiger partial charge in [-0.1, -0.05) is 6.07 Å². The van der Waals surface area contributed by atoms with E-state index in [0.29, 0.717) is 19.6 Å². The molecule has 3 heterocycles. The molecule has 3 N–H and O–H groups in total. The van der Waals surface area contributed by atoms with Crippen LogP contribution < -0.4 is 10.5 Å². The van der Waals surface area contributed by atoms with Crippen LogP contribution in [0.15, 0.2) is 46.2 Å². The first-order valence-corrected chi connectivity index (χ1v) is 8.56. The lowest BCUT2D eigenvalue weighted by Crippen LogP contribution is -2.48. The third kappa shape index (κ3) is 3.75. The number of amides is 1. The van der Waals surface area contributed by atoms with Crippen molar-refractivity contribution < 1.29 is 17.6 Å². The van der Waals surface area contributed by atoms with E-state index in [1.807, 2.05) is 6.07 Å². The van der Waals surface area contributed by atoms with Crippen LogP contribution in [0.5, 0.6) is 0 Å². The molecule has 3 rings (SSSR count). The maximum atomic E-state index is 12.7. The number of nitrogens with zero attached hydrogens (tertiary/aromatic N) is 2. The molecule has 0 aromatic carbocycles. The molecule has 1 atom stereocenters. The molecule has 10 heteroatoms. The van der Waals surface area contributed by atoms with Crippen LogP contribution in [0.3, 0.4) is 0 Å². The summed E-state index contributed by atoms with van der Waals surface area (Å²) in [5.74, 6) is -0.430. The van der Waals surface area contributed by atoms with Crippen LogP contribution in [0.1, 0.15) is 22.2 Å². The second-order valence-electron chi connectivity index (χ2n) is 5.17. The average molecular weight is 373 g/mol. The molecule has 0 radical (unpaired) electrons. The number of sulfonamides is 1. The second kappa shape index (κ2) is 7.31. The molecule has 1 fully saturated rings. The summed E-state index contributed by atoms with van der Waals surface area (Å²) in [5, 5.41) is 7.81. The number of piperazine rings is 1. The van der Waals surface area contributed by atoms with Crippen molar-refractivity contribution in [2.24, 2.45) is 5.14 Å². The molecule has 0 spiro atoms. The van der Waals surface area contributed by atoms with Gasteiger partial charge in [-0.05, 0) is 23.8 Å². The van der Waals surface area contributed by atoms with E-state index in [9.17, 15) is 13.2 Å². The molecular weight excluding hydrogens is 356 g/mol. The summed E-state index contributed by atoms with van der Waals surface area (Å²) in [6.45, 7) is 1.70. The number of nitrogens with two attached hydrogens (primary N) is 1. The number of aromatic nitrogens is 1. The summed E-state index contributed by atoms with van der Waals surface area (Å²) in [7, 11) is -3.97. The van der Waals surface area contributed by atoms with Crippen molar-refractivity contribution in [1.29, 1.82) is 0 Å². The molecule has 0 aliphatic carbocycles. The minimum Gasteiger partial charge on any atom is -0.438 e. The number of halogens is 1. The Bertz CT molecular complexity index is 809. The molecule has 1 saturated heterocycles. The number of hydrogen-bond acceptors (Lipinski definition) is 6. The van der Waals surface area contributed by atoms with E-state index in [1.165, 1.54) is 12.1 Å². The predicted octanol–water partition coefficient (Wildman–Crippen LogP) is 0.530. The Hall–Kier alpha value is -1.94. The standard InChI is InChI=1S/C14H16N4O4S.ClH/c15-23(20,21)13-4-3-12(22-13)14(19)18-7-6-17-9-11(18)10-2-1-5-16-8-10;/h1-5,8,11,17H,6-7,9H2,(H2,15,20,21);1H. The largest absolute Gasteiger partial charge is 0.438 e. The molecule has 2 aromatic heterocycles. The van der Waals surface area contributed by atoms with Gasteiger partial charge in [-0.25, -0.2) is 13.6 Å². The van der Waals surface area contributed by atoms with E-state index in [2.05, 4.69) is 10.3 Å². The molecule has 1 aliphatic heterocycles. The van der Waals surface area contributed by atoms with E-state index in [1.54, 1.807) is 23.4 Å². The lowest BCUT2D eigenvalue weighted by Gasteiger charge is -2.35. The van der Waals surface area contributed by atoms with Gasteiger partial charge in [0.2, 0.25) is 5.09 Å². The number of carbonyl (C=O) groups is 1. The lowest BCUT2D eigenvalue weighted by molar-refractivity contribution is 0.0595. The third-order valence-electron chi connectivity index (χ3n) is 3.65. The Morgan fingerprint density at radius 1 is 1.38 bits per heavy atom. The summed E-state index contributed by atoms with van der Waals surface area (Å²) in [6.07, 6.45) is 3.37. The molecule has 130 valence electrons. The van der Waals surface area contributed by atoms with Crippen molar-refractivity contribution in [3.05, 3.63) is 48.0 Å². The van der Waals surface area contributed by atoms with Crippen molar-refractivity contribution >= 4 is 28.3 Å². The van der Waals surface area contributed by atoms with Gasteiger partial charge in [0, 0.05) is 32.0 Å². The van der Waals surface area contributed by atoms with Gasteiger partial charge in [0.1, 0.15) is 0 Å². The zero-order chi connectivity index (χ0) is 16.4. The van der Waals surface area contributed by atoms with Crippen LogP contribution in [0, 0.1) is 0 Å². The van der Waals surface area contributed by atoms with Gasteiger partial charge >= 0.3 is 0 Å². The fourth-order valence-corrected chi connectivity index (χ4v) is 3.01. The van der Waals surface area contributed by atoms with Crippen LogP contribution in [0.25, 0.3) is 0 Å². The summed E-state index contributed by atoms with van der Waals surface area (Å²) < 4.78 is 27.7. The monoisotopic (exact) mass is 372 g/mol. The first-order chi connectivity index (χ1) is 11.0. The van der Waals surface area contributed by atoms with Gasteiger partial charge in [0.05, 0.1) is 6.04 Å². The molecule has 2 aromatic rings. The number of furan rings is 1. The Morgan fingerprint density at radius 2 is 2.17 bits per heavy atom. The zero-order valence-electron chi connectivity index (χ0n) is 12.6. The average Bonchev–Trinajstić information content (AvgIpc) is 3.05. The lowest BCUT2D eigenvalue weighted by atomic mass is 10.1. The number of primary sulfonamides is 1. The van der Waals surface area contributed by atoms with E-state index < -0.39 is 15.1 Å². The van der Waals surface area contributed by atoms with E-state index in [0.717, 1.165) is 5.56 Å². The van der Waals surface area contributed by atoms with Crippen LogP contribution >= 0.6 is 12.4 Å². The minimum absolute atomic E-state index is 0. The number of carbonyl (C=O) groups excluding carboxylic acids is 1. The highest BCUT2D eigenvalue weighted by Crippen LogP contribution is 2.24. The van der Waals surface area contributed by atoms with Crippen molar-refractivity contribution in [2.45, 2.75) is 11.1 Å². The van der Waals surface area contributed by atoms with Crippen LogP contribution in [0.2, 0.25) is 0 Å². The molecule has 1 unspecified atom stereocenters. The third-order valence-corrected chi connectivity index (χ3v) is 4.43. The summed E-state index contributed by atoms with van der Waals surface area (Å²) in [5.41, 5.74) is 0.895. The smallest absolute Gasteiger partial charge is 0.290 e. The first-order valence-electron chi connectivity index (χ1n) is 7.01. The van der Waals surface area contributed by atoms with Crippen LogP contribution in [-0.4, -0.2) is 43.8 Å². The fraction of sp³-hybridized carbons (Fsp3) is 0.286. The van der Waals surface area contributed by atoms with Crippen LogP contribution in [0.4, 0.5) is 0 Å². The summed E-state index contributed by atoms with van der Waals surface area (Å²) in [6, 6.07) is 6.00. The van der Waals surface area contributed by atoms with Crippen molar-refractivity contribution in [3.8, 4) is 0 Å². The Morgan fingerprint density at radius 3 is 2.79 bits per heavy atom. The first kappa shape index (κ1) is 18.4. The highest BCUT2D eigenvalue weighted by molar-refractivity contribution is 7.89. The summed E-state index contributed by atoms with van der Waals surface area (Å²) in [4.78, 5) is 18.4. The molecule has 8 nitrogen and oxygen atoms in total. The molecule has 24 heavy (non-hydrogen) atoms. The number of hydrogen-bond donors (Lipinski definition) is 2. The SMILES string of the molecule is Cl.NS(=O)(=O)c1ccc(C(=O)N2CCNCC2c2cccnc2)o1. The Labute approximate surface area is 145 Å². The maximum Gasteiger partial charge on any atom is 0.290 e. The van der Waals surface area contributed by atoms with E-state index in [4.69, 9.17) is 9.56 Å². The Balaban J connectivity index is 0.00000208. The highest BCUT2D eigenvalue weighted by Gasteiger charge is 2.31. The quantitative estimate of drug-likeness (QED) is 0.811. The van der Waals surface area contributed by atoms with Gasteiger partial charge in [-0.2, -0.15) is 0 Å². The Kier molecular flexibility index (Phi) is 5.60. The zero-order valence-corrected chi connectivity index (χ0v) is 14.2. The van der Waals surface area contributed by atoms with E-state index >= 15 is 0 Å². The topological polar surface area (TPSA) is 119 Å². The number of rotatable bonds is 3. The highest BCUT2D eigenvalue weighted by atomic mass is 35.5. The molecule has 1 amide bonds. The van der Waals surface area contributed by atoms with Gasteiger partial charge in [0.25, 0.3) is 15.9 Å². The normalized spacial score (nSPS) is 18.0. The van der Waals surface area contributed by atoms with Crippen molar-refractivity contribution in [1.82, 2.24) is 15.2 Å². The summed E-state index contributed by atoms with van der Waals surface area (Å²) >= 11 is 0. The number of pyridine rings is 1. The molecule has 0 saturated carbocycles. The predicted molar refractivity (Wildman–Crippen MR) is 88.2 cm³/mol. The van der Waals surface area contributed by atoms with E-state index in [-0.39, 0.29) is 30.1 Å². The molecular formula is C14H17ClN4O4S. The van der Waals surface area contributed by atoms with Gasteiger partial charge in [-0.15, -0.1) is 12.4 Å². The second-order valence-corrected chi connectivity index (χ2v) is 6.66. The van der Waals surface area contributed by atoms with Crippen LogP contribution in [-0.2, 0) is 10.0 Å². The maximum absolute atomic E-state index is 12.7. The minimum atomic E-state index is -3.97. The molecule has 0 bridgehead atoms. The van der Waals surface area contributed by atoms with Gasteiger partial charge in [-0.3, -0.25) is 9.78 Å². The molecule has 1 aliphatic rings. The van der Waals surface area contributed by atoms with Crippen molar-refractivity contribution in [3.63, 3.8) is 0 Å². The fourth-order valence-electron chi connectivity index (χ4n) is 2.55.